The Balaban J connectivity index is 2.73. The molecule has 0 bridgehead atoms. The van der Waals surface area contributed by atoms with E-state index in [1.807, 2.05) is 0 Å². The number of rotatable bonds is 3. The molecular weight excluding hydrogens is 148 g/mol. The lowest BCUT2D eigenvalue weighted by Crippen LogP contribution is -2.53. The van der Waals surface area contributed by atoms with Crippen molar-refractivity contribution < 1.29 is 0 Å². The maximum absolute atomic E-state index is 3.48. The van der Waals surface area contributed by atoms with Gasteiger partial charge in [0.2, 0.25) is 0 Å². The van der Waals surface area contributed by atoms with Crippen molar-refractivity contribution in [2.45, 2.75) is 39.2 Å². The van der Waals surface area contributed by atoms with E-state index in [1.54, 1.807) is 0 Å². The van der Waals surface area contributed by atoms with Gasteiger partial charge in [0.15, 0.2) is 0 Å². The first-order valence-electron chi connectivity index (χ1n) is 4.97. The van der Waals surface area contributed by atoms with Gasteiger partial charge in [-0.3, -0.25) is 0 Å². The van der Waals surface area contributed by atoms with Gasteiger partial charge in [-0.2, -0.15) is 0 Å². The molecule has 1 aliphatic rings. The Morgan fingerprint density at radius 3 is 2.50 bits per heavy atom. The van der Waals surface area contributed by atoms with Gasteiger partial charge in [-0.15, -0.1) is 0 Å². The van der Waals surface area contributed by atoms with Gasteiger partial charge in [0, 0.05) is 18.6 Å². The van der Waals surface area contributed by atoms with Crippen LogP contribution in [0.4, 0.5) is 0 Å². The fourth-order valence-electron chi connectivity index (χ4n) is 2.30. The second-order valence-electron chi connectivity index (χ2n) is 4.50. The van der Waals surface area contributed by atoms with Crippen LogP contribution in [-0.4, -0.2) is 25.7 Å². The van der Waals surface area contributed by atoms with E-state index in [0.717, 1.165) is 13.1 Å². The average Bonchev–Trinajstić information content (AvgIpc) is 2.30. The average molecular weight is 170 g/mol. The van der Waals surface area contributed by atoms with Crippen LogP contribution in [0.3, 0.4) is 0 Å². The molecule has 0 aliphatic carbocycles. The van der Waals surface area contributed by atoms with Crippen LogP contribution >= 0.6 is 0 Å². The fourth-order valence-corrected chi connectivity index (χ4v) is 2.30. The van der Waals surface area contributed by atoms with Crippen molar-refractivity contribution in [1.82, 2.24) is 10.6 Å². The maximum atomic E-state index is 3.48. The summed E-state index contributed by atoms with van der Waals surface area (Å²) < 4.78 is 0. The van der Waals surface area contributed by atoms with Gasteiger partial charge in [0.05, 0.1) is 0 Å². The van der Waals surface area contributed by atoms with Gasteiger partial charge in [-0.05, 0) is 25.8 Å². The van der Waals surface area contributed by atoms with Gasteiger partial charge in [0.25, 0.3) is 0 Å². The molecule has 1 aliphatic heterocycles. The molecule has 72 valence electrons. The molecule has 2 unspecified atom stereocenters. The highest BCUT2D eigenvalue weighted by Gasteiger charge is 2.46. The van der Waals surface area contributed by atoms with Crippen molar-refractivity contribution in [3.8, 4) is 0 Å². The molecule has 1 fully saturated rings. The van der Waals surface area contributed by atoms with Gasteiger partial charge in [-0.25, -0.2) is 0 Å². The molecule has 1 heterocycles. The summed E-state index contributed by atoms with van der Waals surface area (Å²) in [7, 11) is 2.07. The van der Waals surface area contributed by atoms with Gasteiger partial charge in [-0.1, -0.05) is 20.3 Å². The second kappa shape index (κ2) is 3.35. The first kappa shape index (κ1) is 10.0. The molecule has 1 saturated heterocycles. The Labute approximate surface area is 76.1 Å². The van der Waals surface area contributed by atoms with Crippen LogP contribution in [0.2, 0.25) is 0 Å². The van der Waals surface area contributed by atoms with Crippen molar-refractivity contribution in [2.24, 2.45) is 5.41 Å². The Morgan fingerprint density at radius 1 is 1.33 bits per heavy atom. The summed E-state index contributed by atoms with van der Waals surface area (Å²) in [4.78, 5) is 0. The number of hydrogen-bond donors (Lipinski definition) is 2. The highest BCUT2D eigenvalue weighted by Crippen LogP contribution is 2.38. The lowest BCUT2D eigenvalue weighted by molar-refractivity contribution is 0.173. The van der Waals surface area contributed by atoms with E-state index in [9.17, 15) is 0 Å². The van der Waals surface area contributed by atoms with E-state index in [1.165, 1.54) is 12.8 Å². The van der Waals surface area contributed by atoms with E-state index in [0.29, 0.717) is 5.41 Å². The van der Waals surface area contributed by atoms with Crippen LogP contribution in [0, 0.1) is 5.41 Å². The predicted octanol–water partition coefficient (Wildman–Crippen LogP) is 1.37. The lowest BCUT2D eigenvalue weighted by Gasteiger charge is -2.40. The van der Waals surface area contributed by atoms with Crippen LogP contribution in [0.15, 0.2) is 0 Å². The Bertz CT molecular complexity index is 158. The second-order valence-corrected chi connectivity index (χ2v) is 4.50. The highest BCUT2D eigenvalue weighted by atomic mass is 15.1. The summed E-state index contributed by atoms with van der Waals surface area (Å²) in [6.07, 6.45) is 2.58. The third kappa shape index (κ3) is 1.38. The van der Waals surface area contributed by atoms with Crippen molar-refractivity contribution in [2.75, 3.05) is 20.1 Å². The van der Waals surface area contributed by atoms with E-state index in [4.69, 9.17) is 0 Å². The Hall–Kier alpha value is -0.0800. The first-order chi connectivity index (χ1) is 5.58. The van der Waals surface area contributed by atoms with Crippen molar-refractivity contribution in [1.29, 1.82) is 0 Å². The molecule has 0 aromatic rings. The summed E-state index contributed by atoms with van der Waals surface area (Å²) in [5.41, 5.74) is 0.708. The van der Waals surface area contributed by atoms with Crippen LogP contribution in [-0.2, 0) is 0 Å². The zero-order valence-electron chi connectivity index (χ0n) is 8.83. The summed E-state index contributed by atoms with van der Waals surface area (Å²) >= 11 is 0. The minimum atomic E-state index is 0.281. The van der Waals surface area contributed by atoms with E-state index >= 15 is 0 Å². The maximum Gasteiger partial charge on any atom is 0.0341 e. The minimum Gasteiger partial charge on any atom is -0.314 e. The lowest BCUT2D eigenvalue weighted by atomic mass is 9.72. The number of likely N-dealkylation sites (N-methyl/N-ethyl adjacent to an activating group) is 1. The first-order valence-corrected chi connectivity index (χ1v) is 4.97. The molecule has 2 N–H and O–H groups in total. The van der Waals surface area contributed by atoms with Crippen LogP contribution in [0.1, 0.15) is 33.6 Å². The van der Waals surface area contributed by atoms with Crippen molar-refractivity contribution in [3.63, 3.8) is 0 Å². The summed E-state index contributed by atoms with van der Waals surface area (Å²) in [6, 6.07) is 0. The largest absolute Gasteiger partial charge is 0.314 e. The van der Waals surface area contributed by atoms with Crippen molar-refractivity contribution in [3.05, 3.63) is 0 Å². The van der Waals surface area contributed by atoms with E-state index in [2.05, 4.69) is 38.5 Å². The summed E-state index contributed by atoms with van der Waals surface area (Å²) in [5, 5.41) is 6.93. The molecule has 0 radical (unpaired) electrons. The Kier molecular flexibility index (Phi) is 2.79. The SMILES string of the molecule is CCCC1(C)CNCC1(C)NC. The topological polar surface area (TPSA) is 24.1 Å². The standard InChI is InChI=1S/C10H22N2/c1-5-6-9(2)7-12-8-10(9,3)11-4/h11-12H,5-8H2,1-4H3. The van der Waals surface area contributed by atoms with Crippen LogP contribution in [0.25, 0.3) is 0 Å². The number of nitrogens with one attached hydrogen (secondary N) is 2. The third-order valence-electron chi connectivity index (χ3n) is 3.68. The molecule has 0 spiro atoms. The molecule has 0 aromatic carbocycles. The van der Waals surface area contributed by atoms with Crippen molar-refractivity contribution >= 4 is 0 Å². The highest BCUT2D eigenvalue weighted by molar-refractivity contribution is 5.06. The van der Waals surface area contributed by atoms with Crippen LogP contribution in [0.5, 0.6) is 0 Å². The summed E-state index contributed by atoms with van der Waals surface area (Å²) in [5.74, 6) is 0. The zero-order valence-corrected chi connectivity index (χ0v) is 8.83. The zero-order chi connectivity index (χ0) is 9.24. The molecule has 0 amide bonds. The van der Waals surface area contributed by atoms with Gasteiger partial charge >= 0.3 is 0 Å². The third-order valence-corrected chi connectivity index (χ3v) is 3.68. The van der Waals surface area contributed by atoms with Gasteiger partial charge in [0.1, 0.15) is 0 Å². The molecule has 0 aromatic heterocycles. The molecule has 0 saturated carbocycles. The molecule has 2 atom stereocenters. The predicted molar refractivity (Wildman–Crippen MR) is 53.3 cm³/mol. The summed E-state index contributed by atoms with van der Waals surface area (Å²) in [6.45, 7) is 9.22. The quantitative estimate of drug-likeness (QED) is 0.668. The van der Waals surface area contributed by atoms with Crippen LogP contribution < -0.4 is 10.6 Å². The molecule has 2 nitrogen and oxygen atoms in total. The molecule has 12 heavy (non-hydrogen) atoms. The van der Waals surface area contributed by atoms with E-state index < -0.39 is 0 Å². The monoisotopic (exact) mass is 170 g/mol. The van der Waals surface area contributed by atoms with E-state index in [-0.39, 0.29) is 5.54 Å². The molecule has 2 heteroatoms. The molecule has 1 rings (SSSR count). The smallest absolute Gasteiger partial charge is 0.0341 e. The normalized spacial score (nSPS) is 42.0. The fraction of sp³-hybridized carbons (Fsp3) is 1.00. The molecular formula is C10H22N2. The van der Waals surface area contributed by atoms with Gasteiger partial charge < -0.3 is 10.6 Å². The Morgan fingerprint density at radius 2 is 2.00 bits per heavy atom. The number of hydrogen-bond acceptors (Lipinski definition) is 2. The minimum absolute atomic E-state index is 0.281.